The van der Waals surface area contributed by atoms with Crippen molar-refractivity contribution in [1.82, 2.24) is 0 Å². The molecule has 0 radical (unpaired) electrons. The van der Waals surface area contributed by atoms with Gasteiger partial charge in [0.05, 0.1) is 0 Å². The summed E-state index contributed by atoms with van der Waals surface area (Å²) in [6, 6.07) is 0. The molecule has 3 heteroatoms. The number of hydrogen-bond acceptors (Lipinski definition) is 0. The SMILES string of the molecule is CCCCC1=[C-]CC=C1.CCCCC1=[C-]CC=C1.[CH2]=[Zr+2].[Cl-].[Cl-]. The Morgan fingerprint density at radius 1 is 0.864 bits per heavy atom. The van der Waals surface area contributed by atoms with E-state index in [4.69, 9.17) is 0 Å². The molecular weight excluding hydrogens is 390 g/mol. The molecule has 0 aromatic rings. The Bertz CT molecular complexity index is 320. The van der Waals surface area contributed by atoms with Gasteiger partial charge in [-0.25, -0.2) is 23.3 Å². The quantitative estimate of drug-likeness (QED) is 0.520. The van der Waals surface area contributed by atoms with Crippen LogP contribution in [0.5, 0.6) is 0 Å². The maximum absolute atomic E-state index is 3.34. The van der Waals surface area contributed by atoms with Gasteiger partial charge in [-0.1, -0.05) is 52.4 Å². The second-order valence-corrected chi connectivity index (χ2v) is 4.82. The number of unbranched alkanes of at least 4 members (excludes halogenated alkanes) is 2. The molecule has 0 unspecified atom stereocenters. The molecule has 2 rings (SSSR count). The predicted octanol–water partition coefficient (Wildman–Crippen LogP) is -0.295. The van der Waals surface area contributed by atoms with Crippen LogP contribution in [-0.4, -0.2) is 4.21 Å². The third-order valence-electron chi connectivity index (χ3n) is 3.13. The van der Waals surface area contributed by atoms with E-state index in [1.165, 1.54) is 73.9 Å². The molecule has 0 bridgehead atoms. The van der Waals surface area contributed by atoms with Gasteiger partial charge in [0, 0.05) is 0 Å². The standard InChI is InChI=1S/2C9H13.CH2.2ClH.Zr/c2*1-2-3-6-9-7-4-5-8-9;;;;/h2*4,7H,2-3,5-6H2,1H3;1H2;2*1H;/q2*-1;;;;+2/p-2. The van der Waals surface area contributed by atoms with Crippen molar-refractivity contribution >= 4 is 4.21 Å². The van der Waals surface area contributed by atoms with Gasteiger partial charge in [-0.05, 0) is 0 Å². The molecule has 22 heavy (non-hydrogen) atoms. The maximum atomic E-state index is 3.34. The normalized spacial score (nSPS) is 13.6. The van der Waals surface area contributed by atoms with Crippen molar-refractivity contribution in [2.24, 2.45) is 0 Å². The van der Waals surface area contributed by atoms with Gasteiger partial charge in [-0.2, -0.15) is 12.2 Å². The van der Waals surface area contributed by atoms with E-state index < -0.39 is 0 Å². The first-order valence-corrected chi connectivity index (χ1v) is 9.48. The molecule has 0 amide bonds. The molecule has 0 saturated heterocycles. The Kier molecular flexibility index (Phi) is 26.3. The molecule has 0 aromatic heterocycles. The average Bonchev–Trinajstić information content (AvgIpc) is 3.19. The largest absolute Gasteiger partial charge is 1.00 e. The van der Waals surface area contributed by atoms with Crippen LogP contribution in [0, 0.1) is 12.2 Å². The van der Waals surface area contributed by atoms with Crippen LogP contribution in [0.1, 0.15) is 65.2 Å². The molecule has 124 valence electrons. The fraction of sp³-hybridized carbons (Fsp3) is 0.526. The smallest absolute Gasteiger partial charge is 1.00 e. The zero-order chi connectivity index (χ0) is 15.1. The summed E-state index contributed by atoms with van der Waals surface area (Å²) in [5, 5.41) is 0. The van der Waals surface area contributed by atoms with Crippen molar-refractivity contribution in [2.75, 3.05) is 0 Å². The van der Waals surface area contributed by atoms with Crippen LogP contribution >= 0.6 is 0 Å². The summed E-state index contributed by atoms with van der Waals surface area (Å²) in [7, 11) is 0. The van der Waals surface area contributed by atoms with E-state index in [1.807, 2.05) is 0 Å². The van der Waals surface area contributed by atoms with Crippen molar-refractivity contribution in [3.63, 3.8) is 0 Å². The second-order valence-electron chi connectivity index (χ2n) is 4.82. The molecule has 2 aliphatic carbocycles. The minimum atomic E-state index is 0. The van der Waals surface area contributed by atoms with E-state index in [-0.39, 0.29) is 24.8 Å². The fourth-order valence-corrected chi connectivity index (χ4v) is 1.98. The number of rotatable bonds is 6. The Balaban J connectivity index is -0.000000273. The van der Waals surface area contributed by atoms with Gasteiger partial charge in [0.15, 0.2) is 0 Å². The van der Waals surface area contributed by atoms with Crippen LogP contribution in [0.25, 0.3) is 0 Å². The van der Waals surface area contributed by atoms with Crippen LogP contribution in [-0.2, 0) is 24.2 Å². The van der Waals surface area contributed by atoms with Crippen molar-refractivity contribution < 1.29 is 49.0 Å². The Labute approximate surface area is 165 Å². The first-order valence-electron chi connectivity index (χ1n) is 7.74. The van der Waals surface area contributed by atoms with Crippen LogP contribution in [0.4, 0.5) is 0 Å². The summed E-state index contributed by atoms with van der Waals surface area (Å²) in [6.45, 7) is 4.44. The summed E-state index contributed by atoms with van der Waals surface area (Å²) in [6.07, 6.45) is 25.1. The van der Waals surface area contributed by atoms with E-state index in [2.05, 4.69) is 54.5 Å². The molecule has 0 nitrogen and oxygen atoms in total. The van der Waals surface area contributed by atoms with Crippen molar-refractivity contribution in [3.8, 4) is 0 Å². The van der Waals surface area contributed by atoms with Gasteiger partial charge in [0.25, 0.3) is 0 Å². The number of allylic oxidation sites excluding steroid dienone is 8. The van der Waals surface area contributed by atoms with E-state index in [9.17, 15) is 0 Å². The van der Waals surface area contributed by atoms with Crippen LogP contribution in [0.15, 0.2) is 35.5 Å². The van der Waals surface area contributed by atoms with E-state index in [1.54, 1.807) is 0 Å². The minimum absolute atomic E-state index is 0. The van der Waals surface area contributed by atoms with Crippen LogP contribution < -0.4 is 24.8 Å². The average molecular weight is 419 g/mol. The van der Waals surface area contributed by atoms with E-state index in [0.29, 0.717) is 0 Å². The van der Waals surface area contributed by atoms with E-state index in [0.717, 1.165) is 12.8 Å². The van der Waals surface area contributed by atoms with Gasteiger partial charge in [-0.3, -0.25) is 12.2 Å². The minimum Gasteiger partial charge on any atom is -1.00 e. The second kappa shape index (κ2) is 21.3. The summed E-state index contributed by atoms with van der Waals surface area (Å²) >= 11 is 1.30. The Morgan fingerprint density at radius 3 is 1.45 bits per heavy atom. The van der Waals surface area contributed by atoms with Gasteiger partial charge < -0.3 is 24.8 Å². The molecule has 0 heterocycles. The zero-order valence-electron chi connectivity index (χ0n) is 13.9. The van der Waals surface area contributed by atoms with E-state index >= 15 is 0 Å². The van der Waals surface area contributed by atoms with Crippen LogP contribution in [0.2, 0.25) is 0 Å². The maximum Gasteiger partial charge on any atom is -1.00 e. The summed E-state index contributed by atoms with van der Waals surface area (Å²) in [5.74, 6) is 0. The van der Waals surface area contributed by atoms with Gasteiger partial charge >= 0.3 is 28.4 Å². The zero-order valence-corrected chi connectivity index (χ0v) is 17.9. The van der Waals surface area contributed by atoms with Gasteiger partial charge in [0.2, 0.25) is 0 Å². The van der Waals surface area contributed by atoms with Crippen molar-refractivity contribution in [3.05, 3.63) is 47.6 Å². The van der Waals surface area contributed by atoms with Gasteiger partial charge in [0.1, 0.15) is 0 Å². The van der Waals surface area contributed by atoms with Crippen molar-refractivity contribution in [2.45, 2.75) is 65.2 Å². The number of hydrogen-bond donors (Lipinski definition) is 0. The van der Waals surface area contributed by atoms with Crippen molar-refractivity contribution in [1.29, 1.82) is 0 Å². The molecule has 0 saturated carbocycles. The first-order chi connectivity index (χ1) is 9.86. The molecule has 0 atom stereocenters. The monoisotopic (exact) mass is 416 g/mol. The fourth-order valence-electron chi connectivity index (χ4n) is 1.98. The Morgan fingerprint density at radius 2 is 1.23 bits per heavy atom. The predicted molar refractivity (Wildman–Crippen MR) is 87.2 cm³/mol. The summed E-state index contributed by atoms with van der Waals surface area (Å²) < 4.78 is 3.34. The molecule has 0 aromatic carbocycles. The third-order valence-corrected chi connectivity index (χ3v) is 3.13. The summed E-state index contributed by atoms with van der Waals surface area (Å²) in [5.41, 5.74) is 2.83. The van der Waals surface area contributed by atoms with Gasteiger partial charge in [-0.15, -0.1) is 12.8 Å². The molecule has 0 spiro atoms. The topological polar surface area (TPSA) is 0 Å². The third kappa shape index (κ3) is 15.2. The molecular formula is C19H28Cl2Zr-2. The first kappa shape index (κ1) is 27.2. The summed E-state index contributed by atoms with van der Waals surface area (Å²) in [4.78, 5) is 0. The molecule has 0 N–H and O–H groups in total. The number of halogens is 2. The molecule has 0 aliphatic heterocycles. The Hall–Kier alpha value is 0.293. The molecule has 0 fully saturated rings. The van der Waals surface area contributed by atoms with Crippen LogP contribution in [0.3, 0.4) is 0 Å². The molecule has 2 aliphatic rings.